The third-order valence-corrected chi connectivity index (χ3v) is 16.6. The Hall–Kier alpha value is -4.60. The molecule has 0 aliphatic heterocycles. The summed E-state index contributed by atoms with van der Waals surface area (Å²) >= 11 is 0. The maximum atomic E-state index is 14.0. The highest BCUT2D eigenvalue weighted by atomic mass is 28.4. The first-order valence-electron chi connectivity index (χ1n) is 22.0. The lowest BCUT2D eigenvalue weighted by molar-refractivity contribution is -0.131. The Labute approximate surface area is 367 Å². The number of ketones is 1. The van der Waals surface area contributed by atoms with Crippen LogP contribution in [0.5, 0.6) is 11.5 Å². The summed E-state index contributed by atoms with van der Waals surface area (Å²) in [6.45, 7) is 13.8. The molecule has 0 unspecified atom stereocenters. The van der Waals surface area contributed by atoms with Crippen molar-refractivity contribution in [3.05, 3.63) is 145 Å². The van der Waals surface area contributed by atoms with Gasteiger partial charge in [0.05, 0.1) is 39.6 Å². The number of hydrogen-bond donors (Lipinski definition) is 0. The van der Waals surface area contributed by atoms with E-state index in [1.807, 2.05) is 62.4 Å². The molecule has 8 heteroatoms. The lowest BCUT2D eigenvalue weighted by atomic mass is 9.90. The Bertz CT molecular complexity index is 1860. The van der Waals surface area contributed by atoms with Crippen LogP contribution in [0.15, 0.2) is 133 Å². The second-order valence-electron chi connectivity index (χ2n) is 17.2. The summed E-state index contributed by atoms with van der Waals surface area (Å²) in [6, 6.07) is 37.2. The zero-order valence-electron chi connectivity index (χ0n) is 37.9. The predicted octanol–water partition coefficient (Wildman–Crippen LogP) is 11.0. The Morgan fingerprint density at radius 2 is 1.13 bits per heavy atom. The zero-order chi connectivity index (χ0) is 44.1. The van der Waals surface area contributed by atoms with Crippen LogP contribution in [0.2, 0.25) is 5.04 Å². The van der Waals surface area contributed by atoms with Crippen molar-refractivity contribution in [2.75, 3.05) is 14.2 Å². The molecule has 0 spiro atoms. The molecule has 0 aliphatic carbocycles. The molecular weight excluding hydrogens is 777 g/mol. The number of carbonyl (C=O) groups is 2. The van der Waals surface area contributed by atoms with Gasteiger partial charge in [0.25, 0.3) is 8.32 Å². The Morgan fingerprint density at radius 3 is 1.61 bits per heavy atom. The molecule has 4 aromatic rings. The predicted molar refractivity (Wildman–Crippen MR) is 251 cm³/mol. The number of rotatable bonds is 27. The molecule has 4 rings (SSSR count). The molecule has 0 radical (unpaired) electrons. The maximum Gasteiger partial charge on any atom is 0.261 e. The largest absolute Gasteiger partial charge is 0.497 e. The first-order chi connectivity index (χ1) is 29.4. The van der Waals surface area contributed by atoms with Crippen LogP contribution in [0, 0.1) is 11.8 Å². The van der Waals surface area contributed by atoms with Gasteiger partial charge in [0.1, 0.15) is 23.6 Å². The minimum atomic E-state index is -2.60. The van der Waals surface area contributed by atoms with E-state index in [1.165, 1.54) is 10.4 Å². The molecule has 4 aromatic carbocycles. The van der Waals surface area contributed by atoms with Gasteiger partial charge in [-0.1, -0.05) is 144 Å². The quantitative estimate of drug-likeness (QED) is 0.0336. The van der Waals surface area contributed by atoms with E-state index in [-0.39, 0.29) is 47.4 Å². The van der Waals surface area contributed by atoms with Gasteiger partial charge in [0.15, 0.2) is 0 Å². The molecule has 61 heavy (non-hydrogen) atoms. The number of carbonyl (C=O) groups excluding carboxylic acids is 2. The Morgan fingerprint density at radius 1 is 0.639 bits per heavy atom. The molecule has 0 N–H and O–H groups in total. The minimum Gasteiger partial charge on any atom is -0.497 e. The van der Waals surface area contributed by atoms with Gasteiger partial charge >= 0.3 is 0 Å². The average Bonchev–Trinajstić information content (AvgIpc) is 3.28. The number of methoxy groups -OCH3 is 2. The van der Waals surface area contributed by atoms with Gasteiger partial charge in [-0.25, -0.2) is 0 Å². The zero-order valence-corrected chi connectivity index (χ0v) is 38.9. The molecule has 0 amide bonds. The van der Waals surface area contributed by atoms with E-state index in [0.29, 0.717) is 32.5 Å². The summed E-state index contributed by atoms with van der Waals surface area (Å²) in [6.07, 6.45) is 13.8. The summed E-state index contributed by atoms with van der Waals surface area (Å²) in [4.78, 5) is 25.4. The van der Waals surface area contributed by atoms with Gasteiger partial charge in [-0.15, -0.1) is 0 Å². The van der Waals surface area contributed by atoms with Gasteiger partial charge in [-0.3, -0.25) is 4.79 Å². The summed E-state index contributed by atoms with van der Waals surface area (Å²) in [5.74, 6) is 1.18. The molecule has 0 aromatic heterocycles. The fourth-order valence-corrected chi connectivity index (χ4v) is 12.4. The Kier molecular flexibility index (Phi) is 20.4. The van der Waals surface area contributed by atoms with Crippen molar-refractivity contribution < 1.29 is 33.0 Å². The third-order valence-electron chi connectivity index (χ3n) is 11.5. The molecular formula is C53H70O7Si. The number of hydrogen-bond acceptors (Lipinski definition) is 7. The van der Waals surface area contributed by atoms with Crippen molar-refractivity contribution in [3.8, 4) is 11.5 Å². The topological polar surface area (TPSA) is 80.3 Å². The van der Waals surface area contributed by atoms with Gasteiger partial charge in [-0.2, -0.15) is 0 Å². The molecule has 5 atom stereocenters. The number of benzene rings is 4. The smallest absolute Gasteiger partial charge is 0.261 e. The van der Waals surface area contributed by atoms with Crippen molar-refractivity contribution in [1.29, 1.82) is 0 Å². The standard InChI is InChI=1S/C53H70O7Si/c1-41(38-54)27-36-52(59-40-45-30-34-47(57-8)35-31-45)43(3)51(55)37-48(58-39-44-28-32-46(56-7)33-29-44)22-16-12-10-9-11-15-21-42(2)60-61(53(4,5)6,49-23-17-13-18-24-49)50-25-19-14-20-26-50/h9-14,17-20,23-26,28-35,38,41-43,48,52H,15-16,21-22,27,36-37,39-40H2,1-8H3/b11-9-,12-10+/t41-,42+,43-,48+,52+/m1/s1. The van der Waals surface area contributed by atoms with Crippen LogP contribution < -0.4 is 19.8 Å². The van der Waals surface area contributed by atoms with Crippen molar-refractivity contribution >= 4 is 30.8 Å². The highest BCUT2D eigenvalue weighted by molar-refractivity contribution is 6.99. The molecule has 328 valence electrons. The molecule has 7 nitrogen and oxygen atoms in total. The van der Waals surface area contributed by atoms with Crippen LogP contribution in [-0.2, 0) is 36.7 Å². The molecule has 0 aliphatic rings. The summed E-state index contributed by atoms with van der Waals surface area (Å²) in [5.41, 5.74) is 2.01. The van der Waals surface area contributed by atoms with E-state index in [1.54, 1.807) is 14.2 Å². The van der Waals surface area contributed by atoms with Crippen molar-refractivity contribution in [2.24, 2.45) is 11.8 Å². The van der Waals surface area contributed by atoms with Crippen molar-refractivity contribution in [3.63, 3.8) is 0 Å². The van der Waals surface area contributed by atoms with Gasteiger partial charge in [-0.05, 0) is 96.3 Å². The van der Waals surface area contributed by atoms with Crippen LogP contribution in [0.3, 0.4) is 0 Å². The number of Topliss-reactive ketones (excluding diaryl/α,β-unsaturated/α-hetero) is 1. The SMILES string of the molecule is COc1ccc(CO[C@@H](CC/C=C/C=C\CC[C@H](C)O[Si](c2ccccc2)(c2ccccc2)C(C)(C)C)CC(=O)[C@@H](C)[C@H](CC[C@@H](C)C=O)OCc2ccc(OC)cc2)cc1. The number of aldehydes is 1. The minimum absolute atomic E-state index is 0.0649. The number of ether oxygens (including phenoxy) is 4. The van der Waals surface area contributed by atoms with E-state index in [9.17, 15) is 9.59 Å². The van der Waals surface area contributed by atoms with Crippen LogP contribution in [0.4, 0.5) is 0 Å². The summed E-state index contributed by atoms with van der Waals surface area (Å²) in [5, 5.41) is 2.52. The fourth-order valence-electron chi connectivity index (χ4n) is 7.71. The maximum absolute atomic E-state index is 14.0. The van der Waals surface area contributed by atoms with E-state index in [0.717, 1.165) is 48.2 Å². The summed E-state index contributed by atoms with van der Waals surface area (Å²) in [7, 11) is 0.687. The molecule has 0 fully saturated rings. The first-order valence-corrected chi connectivity index (χ1v) is 23.9. The van der Waals surface area contributed by atoms with Crippen molar-refractivity contribution in [1.82, 2.24) is 0 Å². The van der Waals surface area contributed by atoms with Gasteiger partial charge < -0.3 is 28.2 Å². The monoisotopic (exact) mass is 846 g/mol. The lowest BCUT2D eigenvalue weighted by Crippen LogP contribution is -2.67. The highest BCUT2D eigenvalue weighted by Crippen LogP contribution is 2.38. The number of allylic oxidation sites excluding steroid dienone is 4. The van der Waals surface area contributed by atoms with E-state index >= 15 is 0 Å². The lowest BCUT2D eigenvalue weighted by Gasteiger charge is -2.44. The molecule has 0 bridgehead atoms. The Balaban J connectivity index is 1.37. The van der Waals surface area contributed by atoms with E-state index in [2.05, 4.69) is 113 Å². The second-order valence-corrected chi connectivity index (χ2v) is 21.5. The van der Waals surface area contributed by atoms with E-state index in [4.69, 9.17) is 23.4 Å². The van der Waals surface area contributed by atoms with Crippen LogP contribution >= 0.6 is 0 Å². The molecule has 0 heterocycles. The van der Waals surface area contributed by atoms with E-state index < -0.39 is 8.32 Å². The average molecular weight is 847 g/mol. The van der Waals surface area contributed by atoms with Crippen LogP contribution in [0.25, 0.3) is 0 Å². The van der Waals surface area contributed by atoms with Crippen LogP contribution in [0.1, 0.15) is 97.6 Å². The summed E-state index contributed by atoms with van der Waals surface area (Å²) < 4.78 is 30.7. The van der Waals surface area contributed by atoms with Crippen molar-refractivity contribution in [2.45, 2.75) is 123 Å². The second kappa shape index (κ2) is 25.4. The fraction of sp³-hybridized carbons (Fsp3) is 0.434. The molecule has 0 saturated carbocycles. The van der Waals surface area contributed by atoms with Gasteiger partial charge in [0.2, 0.25) is 0 Å². The van der Waals surface area contributed by atoms with Crippen LogP contribution in [-0.4, -0.2) is 52.9 Å². The molecule has 0 saturated heterocycles. The van der Waals surface area contributed by atoms with Gasteiger partial charge in [0, 0.05) is 24.4 Å². The third kappa shape index (κ3) is 15.4. The highest BCUT2D eigenvalue weighted by Gasteiger charge is 2.50. The normalized spacial score (nSPS) is 14.7. The first kappa shape index (κ1) is 49.1.